The summed E-state index contributed by atoms with van der Waals surface area (Å²) < 4.78 is 10.0. The molecule has 0 aromatic rings. The van der Waals surface area contributed by atoms with Crippen LogP contribution in [0.25, 0.3) is 0 Å². The highest BCUT2D eigenvalue weighted by molar-refractivity contribution is 6.00. The van der Waals surface area contributed by atoms with E-state index < -0.39 is 123 Å². The van der Waals surface area contributed by atoms with Gasteiger partial charge in [0.25, 0.3) is 0 Å². The fraction of sp³-hybridized carbons (Fsp3) is 0.786. The minimum Gasteiger partial charge on any atom is -0.467 e. The van der Waals surface area contributed by atoms with Gasteiger partial charge in [-0.2, -0.15) is 0 Å². The third-order valence-electron chi connectivity index (χ3n) is 9.51. The normalized spacial score (nSPS) is 14.5. The van der Waals surface area contributed by atoms with Gasteiger partial charge in [0.2, 0.25) is 41.4 Å². The second-order valence-corrected chi connectivity index (χ2v) is 19.9. The summed E-state index contributed by atoms with van der Waals surface area (Å²) in [6.45, 7) is 30.0. The Hall–Kier alpha value is -4.97. The lowest BCUT2D eigenvalue weighted by Crippen LogP contribution is -2.66. The number of ether oxygens (including phenoxy) is 2. The van der Waals surface area contributed by atoms with Crippen LogP contribution in [-0.2, 0) is 47.8 Å². The van der Waals surface area contributed by atoms with Crippen molar-refractivity contribution in [2.45, 2.75) is 183 Å². The van der Waals surface area contributed by atoms with Crippen molar-refractivity contribution in [3.05, 3.63) is 0 Å². The molecular formula is C42H76N8O11. The van der Waals surface area contributed by atoms with Gasteiger partial charge in [-0.15, -0.1) is 0 Å². The molecule has 0 unspecified atom stereocenters. The molecule has 0 heterocycles. The molecule has 0 rings (SSSR count). The van der Waals surface area contributed by atoms with Gasteiger partial charge >= 0.3 is 12.1 Å². The summed E-state index contributed by atoms with van der Waals surface area (Å²) in [6.07, 6.45) is -0.826. The maximum Gasteiger partial charge on any atom is 0.408 e. The number of rotatable bonds is 20. The Bertz CT molecular complexity index is 1630. The van der Waals surface area contributed by atoms with Crippen LogP contribution < -0.4 is 42.5 Å². The van der Waals surface area contributed by atoms with Crippen LogP contribution in [0.2, 0.25) is 0 Å². The number of carbonyl (C=O) groups is 9. The second kappa shape index (κ2) is 21.7. The van der Waals surface area contributed by atoms with Crippen molar-refractivity contribution in [3.8, 4) is 0 Å². The van der Waals surface area contributed by atoms with E-state index in [1.54, 1.807) is 76.2 Å². The molecule has 0 aliphatic heterocycles. The highest BCUT2D eigenvalue weighted by Crippen LogP contribution is 2.16. The van der Waals surface area contributed by atoms with E-state index in [0.717, 1.165) is 0 Å². The molecule has 19 nitrogen and oxygen atoms in total. The molecule has 61 heavy (non-hydrogen) atoms. The SMILES string of the molecule is COC(=O)[C@@H](NC(=O)C(C)(C)NC(=O)[C@@H](NC(=O)C(C)(C)NC(=O)[C@@H](NC(=O)C(C)(C)NC(=O)[C@@H](NC(=O)C(C)(C)NC(=O)OC(C)(C)C)C(C)C)C(C)C)C(C)C)C(C)C. The average Bonchev–Trinajstić information content (AvgIpc) is 3.07. The third kappa shape index (κ3) is 17.5. The molecule has 0 aromatic carbocycles. The van der Waals surface area contributed by atoms with Crippen LogP contribution in [0, 0.1) is 23.7 Å². The van der Waals surface area contributed by atoms with Gasteiger partial charge in [-0.05, 0) is 99.8 Å². The fourth-order valence-corrected chi connectivity index (χ4v) is 5.46. The lowest BCUT2D eigenvalue weighted by molar-refractivity contribution is -0.147. The first kappa shape index (κ1) is 56.0. The van der Waals surface area contributed by atoms with Gasteiger partial charge in [0, 0.05) is 0 Å². The summed E-state index contributed by atoms with van der Waals surface area (Å²) >= 11 is 0. The molecule has 4 atom stereocenters. The number of carbonyl (C=O) groups excluding carboxylic acids is 9. The Morgan fingerprint density at radius 1 is 0.377 bits per heavy atom. The molecule has 0 aliphatic rings. The monoisotopic (exact) mass is 869 g/mol. The van der Waals surface area contributed by atoms with Crippen molar-refractivity contribution < 1.29 is 52.6 Å². The zero-order chi connectivity index (χ0) is 48.4. The van der Waals surface area contributed by atoms with E-state index in [-0.39, 0.29) is 5.92 Å². The molecule has 0 radical (unpaired) electrons. The zero-order valence-electron chi connectivity index (χ0n) is 40.1. The van der Waals surface area contributed by atoms with Crippen LogP contribution >= 0.6 is 0 Å². The number of hydrogen-bond donors (Lipinski definition) is 8. The van der Waals surface area contributed by atoms with E-state index in [4.69, 9.17) is 9.47 Å². The van der Waals surface area contributed by atoms with Crippen LogP contribution in [0.3, 0.4) is 0 Å². The molecule has 8 amide bonds. The lowest BCUT2D eigenvalue weighted by Gasteiger charge is -2.35. The maximum atomic E-state index is 13.7. The first-order chi connectivity index (χ1) is 27.3. The third-order valence-corrected chi connectivity index (χ3v) is 9.51. The predicted octanol–water partition coefficient (Wildman–Crippen LogP) is 1.71. The first-order valence-electron chi connectivity index (χ1n) is 20.6. The van der Waals surface area contributed by atoms with Gasteiger partial charge in [0.05, 0.1) is 7.11 Å². The van der Waals surface area contributed by atoms with Crippen LogP contribution in [-0.4, -0.2) is 112 Å². The van der Waals surface area contributed by atoms with Crippen molar-refractivity contribution in [2.24, 2.45) is 23.7 Å². The van der Waals surface area contributed by atoms with Gasteiger partial charge in [0.15, 0.2) is 0 Å². The number of alkyl carbamates (subject to hydrolysis) is 1. The standard InChI is InChI=1S/C42H76N8O11/c1-21(2)25(43-34(56)40(14,15)48-31(53)27(23(5)6)45-36(58)42(18,19)50-37(59)61-38(9,10)11)29(51)47-39(12,13)33(55)44-26(22(3)4)30(52)49-41(16,17)35(57)46-28(24(7)8)32(54)60-20/h21-28H,1-20H3,(H,43,56)(H,44,55)(H,45,58)(H,46,57)(H,47,51)(H,48,53)(H,49,52)(H,50,59)/t25-,26-,27-,28-/m0/s1. The molecule has 0 saturated carbocycles. The number of amides is 8. The quantitative estimate of drug-likeness (QED) is 0.0817. The fourth-order valence-electron chi connectivity index (χ4n) is 5.46. The minimum absolute atomic E-state index is 0.307. The molecule has 350 valence electrons. The van der Waals surface area contributed by atoms with Gasteiger partial charge in [-0.25, -0.2) is 9.59 Å². The van der Waals surface area contributed by atoms with Crippen molar-refractivity contribution >= 4 is 53.4 Å². The second-order valence-electron chi connectivity index (χ2n) is 19.9. The zero-order valence-corrected chi connectivity index (χ0v) is 40.1. The maximum absolute atomic E-state index is 13.7. The van der Waals surface area contributed by atoms with Crippen molar-refractivity contribution in [2.75, 3.05) is 7.11 Å². The van der Waals surface area contributed by atoms with E-state index in [9.17, 15) is 43.2 Å². The van der Waals surface area contributed by atoms with Crippen molar-refractivity contribution in [1.29, 1.82) is 0 Å². The summed E-state index contributed by atoms with van der Waals surface area (Å²) in [5.41, 5.74) is -7.05. The largest absolute Gasteiger partial charge is 0.467 e. The predicted molar refractivity (Wildman–Crippen MR) is 229 cm³/mol. The summed E-state index contributed by atoms with van der Waals surface area (Å²) in [7, 11) is 1.20. The lowest BCUT2D eigenvalue weighted by atomic mass is 9.95. The van der Waals surface area contributed by atoms with E-state index in [0.29, 0.717) is 0 Å². The average molecular weight is 869 g/mol. The van der Waals surface area contributed by atoms with Crippen molar-refractivity contribution in [3.63, 3.8) is 0 Å². The van der Waals surface area contributed by atoms with Gasteiger partial charge in [-0.3, -0.25) is 33.6 Å². The molecule has 0 saturated heterocycles. The van der Waals surface area contributed by atoms with E-state index >= 15 is 0 Å². The van der Waals surface area contributed by atoms with Gasteiger partial charge in [0.1, 0.15) is 51.9 Å². The number of esters is 1. The smallest absolute Gasteiger partial charge is 0.408 e. The van der Waals surface area contributed by atoms with Gasteiger partial charge in [-0.1, -0.05) is 55.4 Å². The topological polar surface area (TPSA) is 268 Å². The molecule has 0 bridgehead atoms. The van der Waals surface area contributed by atoms with E-state index in [1.807, 2.05) is 0 Å². The van der Waals surface area contributed by atoms with E-state index in [1.165, 1.54) is 62.5 Å². The molecule has 0 aliphatic carbocycles. The van der Waals surface area contributed by atoms with Crippen LogP contribution in [0.4, 0.5) is 4.79 Å². The highest BCUT2D eigenvalue weighted by Gasteiger charge is 2.42. The number of nitrogens with one attached hydrogen (secondary N) is 8. The molecule has 8 N–H and O–H groups in total. The summed E-state index contributed by atoms with van der Waals surface area (Å²) in [5.74, 6) is -7.33. The summed E-state index contributed by atoms with van der Waals surface area (Å²) in [4.78, 5) is 119. The van der Waals surface area contributed by atoms with Gasteiger partial charge < -0.3 is 52.0 Å². The van der Waals surface area contributed by atoms with Crippen LogP contribution in [0.5, 0.6) is 0 Å². The highest BCUT2D eigenvalue weighted by atomic mass is 16.6. The Kier molecular flexibility index (Phi) is 19.9. The van der Waals surface area contributed by atoms with Crippen LogP contribution in [0.15, 0.2) is 0 Å². The molecule has 0 spiro atoms. The van der Waals surface area contributed by atoms with E-state index in [2.05, 4.69) is 42.5 Å². The number of hydrogen-bond acceptors (Lipinski definition) is 11. The number of methoxy groups -OCH3 is 1. The Morgan fingerprint density at radius 2 is 0.607 bits per heavy atom. The molecular weight excluding hydrogens is 793 g/mol. The molecule has 19 heteroatoms. The Labute approximate surface area is 362 Å². The van der Waals surface area contributed by atoms with Crippen LogP contribution in [0.1, 0.15) is 132 Å². The minimum atomic E-state index is -1.63. The summed E-state index contributed by atoms with van der Waals surface area (Å²) in [5, 5.41) is 21.0. The molecule has 0 aromatic heterocycles. The Morgan fingerprint density at radius 3 is 0.820 bits per heavy atom. The first-order valence-corrected chi connectivity index (χ1v) is 20.6. The van der Waals surface area contributed by atoms with Crippen molar-refractivity contribution in [1.82, 2.24) is 42.5 Å². The Balaban J connectivity index is 5.96. The molecule has 0 fully saturated rings. The summed E-state index contributed by atoms with van der Waals surface area (Å²) in [6, 6.07) is -4.45.